The maximum atomic E-state index is 11.9. The van der Waals surface area contributed by atoms with Crippen molar-refractivity contribution < 1.29 is 19.5 Å². The van der Waals surface area contributed by atoms with Crippen molar-refractivity contribution in [2.75, 3.05) is 26.7 Å². The summed E-state index contributed by atoms with van der Waals surface area (Å²) in [5.74, 6) is -2.00. The Morgan fingerprint density at radius 2 is 2.12 bits per heavy atom. The molecule has 0 radical (unpaired) electrons. The summed E-state index contributed by atoms with van der Waals surface area (Å²) >= 11 is 0. The molecule has 3 N–H and O–H groups in total. The largest absolute Gasteiger partial charge is 0.481 e. The molecule has 7 heteroatoms. The van der Waals surface area contributed by atoms with Crippen LogP contribution in [0.4, 0.5) is 4.79 Å². The third kappa shape index (κ3) is 3.61. The van der Waals surface area contributed by atoms with Gasteiger partial charge in [0.25, 0.3) is 0 Å². The van der Waals surface area contributed by atoms with Crippen LogP contribution in [-0.4, -0.2) is 59.5 Å². The molecule has 1 fully saturated rings. The first-order valence-electron chi connectivity index (χ1n) is 5.43. The molecule has 96 valence electrons. The Kier molecular flexibility index (Phi) is 4.30. The zero-order chi connectivity index (χ0) is 13.0. The molecular weight excluding hydrogens is 226 g/mol. The molecule has 1 aliphatic heterocycles. The van der Waals surface area contributed by atoms with Gasteiger partial charge in [0.15, 0.2) is 0 Å². The summed E-state index contributed by atoms with van der Waals surface area (Å²) in [7, 11) is 1.47. The van der Waals surface area contributed by atoms with Crippen LogP contribution >= 0.6 is 0 Å². The molecule has 0 spiro atoms. The lowest BCUT2D eigenvalue weighted by Gasteiger charge is -2.33. The molecule has 1 atom stereocenters. The van der Waals surface area contributed by atoms with Gasteiger partial charge in [-0.25, -0.2) is 4.79 Å². The van der Waals surface area contributed by atoms with E-state index in [9.17, 15) is 14.4 Å². The van der Waals surface area contributed by atoms with Crippen molar-refractivity contribution in [1.82, 2.24) is 9.80 Å². The Hall–Kier alpha value is -1.79. The summed E-state index contributed by atoms with van der Waals surface area (Å²) < 4.78 is 0. The number of aliphatic carboxylic acids is 1. The van der Waals surface area contributed by atoms with Crippen LogP contribution in [0.5, 0.6) is 0 Å². The number of urea groups is 1. The zero-order valence-corrected chi connectivity index (χ0v) is 9.76. The number of nitrogens with zero attached hydrogens (tertiary/aromatic N) is 2. The molecule has 0 unspecified atom stereocenters. The number of likely N-dealkylation sites (N-methyl/N-ethyl adjacent to an activating group) is 1. The molecule has 0 aromatic heterocycles. The number of hydrogen-bond acceptors (Lipinski definition) is 3. The number of primary amides is 1. The first kappa shape index (κ1) is 13.3. The number of carbonyl (C=O) groups excluding carboxylic acids is 2. The molecule has 1 aliphatic rings. The number of amides is 3. The second-order valence-electron chi connectivity index (χ2n) is 4.23. The van der Waals surface area contributed by atoms with E-state index in [1.807, 2.05) is 0 Å². The molecule has 1 heterocycles. The number of piperidine rings is 1. The van der Waals surface area contributed by atoms with E-state index >= 15 is 0 Å². The number of carbonyl (C=O) groups is 3. The van der Waals surface area contributed by atoms with E-state index in [-0.39, 0.29) is 19.1 Å². The Labute approximate surface area is 99.2 Å². The van der Waals surface area contributed by atoms with Crippen molar-refractivity contribution >= 4 is 17.9 Å². The lowest BCUT2D eigenvalue weighted by Crippen LogP contribution is -2.49. The second kappa shape index (κ2) is 5.51. The van der Waals surface area contributed by atoms with Crippen molar-refractivity contribution in [3.8, 4) is 0 Å². The Morgan fingerprint density at radius 1 is 1.47 bits per heavy atom. The van der Waals surface area contributed by atoms with Gasteiger partial charge in [-0.2, -0.15) is 0 Å². The molecule has 1 saturated heterocycles. The van der Waals surface area contributed by atoms with Crippen LogP contribution in [-0.2, 0) is 9.59 Å². The summed E-state index contributed by atoms with van der Waals surface area (Å²) in [6.45, 7) is 0.552. The normalized spacial score (nSPS) is 19.8. The molecule has 3 amide bonds. The van der Waals surface area contributed by atoms with E-state index in [1.165, 1.54) is 16.8 Å². The van der Waals surface area contributed by atoms with E-state index in [4.69, 9.17) is 10.8 Å². The van der Waals surface area contributed by atoms with Crippen molar-refractivity contribution in [1.29, 1.82) is 0 Å². The lowest BCUT2D eigenvalue weighted by molar-refractivity contribution is -0.143. The first-order chi connectivity index (χ1) is 7.91. The van der Waals surface area contributed by atoms with E-state index in [2.05, 4.69) is 0 Å². The van der Waals surface area contributed by atoms with Crippen LogP contribution in [0.1, 0.15) is 12.8 Å². The molecule has 0 saturated carbocycles. The predicted octanol–water partition coefficient (Wildman–Crippen LogP) is -0.680. The van der Waals surface area contributed by atoms with Crippen LogP contribution < -0.4 is 5.73 Å². The van der Waals surface area contributed by atoms with Crippen LogP contribution in [0, 0.1) is 5.92 Å². The van der Waals surface area contributed by atoms with E-state index in [0.717, 1.165) is 0 Å². The molecule has 0 aromatic rings. The maximum Gasteiger partial charge on any atom is 0.320 e. The van der Waals surface area contributed by atoms with Gasteiger partial charge in [0.2, 0.25) is 5.91 Å². The highest BCUT2D eigenvalue weighted by molar-refractivity contribution is 5.83. The van der Waals surface area contributed by atoms with Crippen LogP contribution in [0.15, 0.2) is 0 Å². The summed E-state index contributed by atoms with van der Waals surface area (Å²) in [4.78, 5) is 36.0. The molecule has 17 heavy (non-hydrogen) atoms. The molecule has 7 nitrogen and oxygen atoms in total. The predicted molar refractivity (Wildman–Crippen MR) is 59.2 cm³/mol. The average molecular weight is 243 g/mol. The maximum absolute atomic E-state index is 11.9. The van der Waals surface area contributed by atoms with Gasteiger partial charge >= 0.3 is 12.0 Å². The summed E-state index contributed by atoms with van der Waals surface area (Å²) in [6, 6.07) is -0.352. The number of nitrogens with two attached hydrogens (primary N) is 1. The minimum absolute atomic E-state index is 0.160. The molecule has 0 aromatic carbocycles. The van der Waals surface area contributed by atoms with Gasteiger partial charge in [0, 0.05) is 20.1 Å². The molecule has 1 rings (SSSR count). The van der Waals surface area contributed by atoms with Gasteiger partial charge in [0.1, 0.15) is 6.54 Å². The first-order valence-corrected chi connectivity index (χ1v) is 5.43. The fourth-order valence-corrected chi connectivity index (χ4v) is 1.90. The Bertz CT molecular complexity index is 332. The van der Waals surface area contributed by atoms with Crippen LogP contribution in [0.3, 0.4) is 0 Å². The fraction of sp³-hybridized carbons (Fsp3) is 0.700. The summed E-state index contributed by atoms with van der Waals surface area (Å²) in [6.07, 6.45) is 1.24. The Balaban J connectivity index is 2.57. The highest BCUT2D eigenvalue weighted by atomic mass is 16.4. The van der Waals surface area contributed by atoms with Crippen molar-refractivity contribution in [3.63, 3.8) is 0 Å². The van der Waals surface area contributed by atoms with E-state index in [1.54, 1.807) is 0 Å². The van der Waals surface area contributed by atoms with Gasteiger partial charge in [-0.05, 0) is 12.8 Å². The van der Waals surface area contributed by atoms with Gasteiger partial charge in [0.05, 0.1) is 5.92 Å². The van der Waals surface area contributed by atoms with Crippen LogP contribution in [0.25, 0.3) is 0 Å². The third-order valence-electron chi connectivity index (χ3n) is 2.76. The number of likely N-dealkylation sites (tertiary alicyclic amines) is 1. The lowest BCUT2D eigenvalue weighted by atomic mass is 9.99. The van der Waals surface area contributed by atoms with Crippen LogP contribution in [0.2, 0.25) is 0 Å². The number of rotatable bonds is 3. The SMILES string of the molecule is CN(CC(N)=O)C(=O)N1CCC[C@H](C(=O)O)C1. The molecule has 0 bridgehead atoms. The standard InChI is InChI=1S/C10H17N3O4/c1-12(6-8(11)14)10(17)13-4-2-3-7(5-13)9(15)16/h7H,2-6H2,1H3,(H2,11,14)(H,15,16)/t7-/m0/s1. The topological polar surface area (TPSA) is 104 Å². The smallest absolute Gasteiger partial charge is 0.320 e. The van der Waals surface area contributed by atoms with Crippen molar-refractivity contribution in [2.24, 2.45) is 11.7 Å². The van der Waals surface area contributed by atoms with Gasteiger partial charge in [-0.3, -0.25) is 9.59 Å². The third-order valence-corrected chi connectivity index (χ3v) is 2.76. The minimum atomic E-state index is -0.889. The molecular formula is C10H17N3O4. The number of carboxylic acid groups (broad SMARTS) is 1. The number of carboxylic acids is 1. The second-order valence-corrected chi connectivity index (χ2v) is 4.23. The highest BCUT2D eigenvalue weighted by Crippen LogP contribution is 2.17. The summed E-state index contributed by atoms with van der Waals surface area (Å²) in [5, 5.41) is 8.90. The summed E-state index contributed by atoms with van der Waals surface area (Å²) in [5.41, 5.74) is 4.99. The quantitative estimate of drug-likeness (QED) is 0.685. The van der Waals surface area contributed by atoms with E-state index < -0.39 is 17.8 Å². The minimum Gasteiger partial charge on any atom is -0.481 e. The zero-order valence-electron chi connectivity index (χ0n) is 9.76. The fourth-order valence-electron chi connectivity index (χ4n) is 1.90. The van der Waals surface area contributed by atoms with Gasteiger partial charge in [-0.15, -0.1) is 0 Å². The van der Waals surface area contributed by atoms with E-state index in [0.29, 0.717) is 19.4 Å². The Morgan fingerprint density at radius 3 is 2.65 bits per heavy atom. The number of hydrogen-bond donors (Lipinski definition) is 2. The van der Waals surface area contributed by atoms with Gasteiger partial charge < -0.3 is 20.6 Å². The van der Waals surface area contributed by atoms with Crippen molar-refractivity contribution in [3.05, 3.63) is 0 Å². The molecule has 0 aliphatic carbocycles. The monoisotopic (exact) mass is 243 g/mol. The average Bonchev–Trinajstić information content (AvgIpc) is 2.27. The highest BCUT2D eigenvalue weighted by Gasteiger charge is 2.29. The van der Waals surface area contributed by atoms with Gasteiger partial charge in [-0.1, -0.05) is 0 Å². The van der Waals surface area contributed by atoms with Crippen molar-refractivity contribution in [2.45, 2.75) is 12.8 Å².